The molecule has 9 rings (SSSR count). The second-order valence-electron chi connectivity index (χ2n) is 16.5. The van der Waals surface area contributed by atoms with E-state index in [4.69, 9.17) is 13.9 Å². The van der Waals surface area contributed by atoms with Crippen LogP contribution in [0.2, 0.25) is 0 Å². The van der Waals surface area contributed by atoms with Gasteiger partial charge in [0.2, 0.25) is 0 Å². The van der Waals surface area contributed by atoms with Crippen LogP contribution in [0.4, 0.5) is 15.3 Å². The van der Waals surface area contributed by atoms with Gasteiger partial charge in [-0.15, -0.1) is 0 Å². The summed E-state index contributed by atoms with van der Waals surface area (Å²) in [5, 5.41) is 25.8. The van der Waals surface area contributed by atoms with Crippen LogP contribution >= 0.6 is 0 Å². The van der Waals surface area contributed by atoms with Crippen LogP contribution in [-0.4, -0.2) is 59.8 Å². The molecular weight excluding hydrogens is 937 g/mol. The lowest BCUT2D eigenvalue weighted by Gasteiger charge is -2.15. The van der Waals surface area contributed by atoms with Gasteiger partial charge in [-0.3, -0.25) is 4.72 Å². The summed E-state index contributed by atoms with van der Waals surface area (Å²) in [5.74, 6) is -1.98. The van der Waals surface area contributed by atoms with Crippen LogP contribution < -0.4 is 15.4 Å². The molecule has 16 heteroatoms. The van der Waals surface area contributed by atoms with E-state index in [1.54, 1.807) is 48.7 Å². The molecule has 9 aromatic rings. The van der Waals surface area contributed by atoms with Gasteiger partial charge in [0.05, 0.1) is 4.90 Å². The second-order valence-corrected chi connectivity index (χ2v) is 18.2. The zero-order chi connectivity index (χ0) is 50.5. The maximum absolute atomic E-state index is 12.6. The fourth-order valence-electron chi connectivity index (χ4n) is 7.79. The number of carboxylic acid groups (broad SMARTS) is 2. The molecule has 0 aliphatic rings. The molecule has 2 aromatic heterocycles. The number of fused-ring (bicyclic) bond motifs is 2. The molecule has 2 heterocycles. The van der Waals surface area contributed by atoms with E-state index in [2.05, 4.69) is 20.3 Å². The highest BCUT2D eigenvalue weighted by Crippen LogP contribution is 2.28. The number of aromatic nitrogens is 1. The molecule has 0 radical (unpaired) electrons. The van der Waals surface area contributed by atoms with E-state index in [1.165, 1.54) is 18.2 Å². The third-order valence-corrected chi connectivity index (χ3v) is 12.8. The number of carboxylic acids is 2. The second kappa shape index (κ2) is 23.0. The van der Waals surface area contributed by atoms with Gasteiger partial charge >= 0.3 is 24.1 Å². The summed E-state index contributed by atoms with van der Waals surface area (Å²) in [5.41, 5.74) is 8.21. The number of para-hydroxylation sites is 1. The Bertz CT molecular complexity index is 3420. The molecular formula is C56H48N4O11S. The number of carbonyl (C=O) groups is 4. The zero-order valence-corrected chi connectivity index (χ0v) is 39.3. The summed E-state index contributed by atoms with van der Waals surface area (Å²) < 4.78 is 44.0. The highest BCUT2D eigenvalue weighted by Gasteiger charge is 2.24. The van der Waals surface area contributed by atoms with Crippen molar-refractivity contribution in [1.82, 2.24) is 15.6 Å². The Hall–Kier alpha value is -9.15. The molecule has 0 saturated heterocycles. The number of ether oxygens (including phenoxy) is 2. The van der Waals surface area contributed by atoms with Gasteiger partial charge < -0.3 is 39.7 Å². The van der Waals surface area contributed by atoms with Crippen LogP contribution in [0.5, 0.6) is 0 Å². The molecule has 15 nitrogen and oxygen atoms in total. The van der Waals surface area contributed by atoms with E-state index >= 15 is 0 Å². The van der Waals surface area contributed by atoms with E-state index < -0.39 is 46.2 Å². The van der Waals surface area contributed by atoms with Gasteiger partial charge in [0.1, 0.15) is 30.0 Å². The summed E-state index contributed by atoms with van der Waals surface area (Å²) in [4.78, 5) is 51.4. The lowest BCUT2D eigenvalue weighted by Crippen LogP contribution is -2.42. The molecule has 7 aromatic carbocycles. The molecule has 364 valence electrons. The molecule has 2 atom stereocenters. The first-order chi connectivity index (χ1) is 34.9. The van der Waals surface area contributed by atoms with Crippen LogP contribution in [0.1, 0.15) is 22.5 Å². The zero-order valence-electron chi connectivity index (χ0n) is 38.4. The number of hydrogen-bond donors (Lipinski definition) is 6. The monoisotopic (exact) mass is 984 g/mol. The van der Waals surface area contributed by atoms with E-state index in [-0.39, 0.29) is 36.6 Å². The molecule has 0 aliphatic carbocycles. The molecule has 0 saturated carbocycles. The minimum atomic E-state index is -3.82. The number of rotatable bonds is 17. The van der Waals surface area contributed by atoms with E-state index in [0.29, 0.717) is 16.9 Å². The number of sulfonamides is 1. The quantitative estimate of drug-likeness (QED) is 0.0503. The van der Waals surface area contributed by atoms with E-state index in [0.717, 1.165) is 49.7 Å². The Morgan fingerprint density at radius 1 is 0.556 bits per heavy atom. The molecule has 2 amide bonds. The molecule has 6 N–H and O–H groups in total. The molecule has 72 heavy (non-hydrogen) atoms. The normalized spacial score (nSPS) is 11.9. The average molecular weight is 985 g/mol. The summed E-state index contributed by atoms with van der Waals surface area (Å²) in [6, 6.07) is 54.5. The van der Waals surface area contributed by atoms with Gasteiger partial charge in [-0.1, -0.05) is 140 Å². The number of aliphatic carboxylic acids is 2. The van der Waals surface area contributed by atoms with Crippen LogP contribution in [0, 0.1) is 0 Å². The third-order valence-electron chi connectivity index (χ3n) is 11.4. The standard InChI is InChI=1S/C31H26N2O7S.C25H22N2O4/c34-30(35)28(17-21-8-7-11-25(16-21)33-41(37,38)27-12-5-2-6-13-27)32-31(36)39-20-26-19-24-18-23(14-15-29(24)40-26)22-9-3-1-4-10-22;28-24(29)23(14-20-15-26-22-9-5-4-8-21(20)22)27-25(30)31-16-17-10-12-19(13-11-17)18-6-2-1-3-7-18/h1-16,18-19,28,33H,17,20H2,(H,32,36)(H,34,35);1-13,15,23,26H,14,16H2,(H,27,30)(H,28,29). The molecule has 0 bridgehead atoms. The van der Waals surface area contributed by atoms with Gasteiger partial charge in [-0.25, -0.2) is 27.6 Å². The van der Waals surface area contributed by atoms with Crippen molar-refractivity contribution in [1.29, 1.82) is 0 Å². The Labute approximate surface area is 414 Å². The third kappa shape index (κ3) is 13.1. The lowest BCUT2D eigenvalue weighted by molar-refractivity contribution is -0.140. The fraction of sp³-hybridized carbons (Fsp3) is 0.107. The number of carbonyl (C=O) groups excluding carboxylic acids is 2. The summed E-state index contributed by atoms with van der Waals surface area (Å²) in [6.07, 6.45) is 0.128. The van der Waals surface area contributed by atoms with Crippen molar-refractivity contribution in [3.05, 3.63) is 217 Å². The molecule has 0 fully saturated rings. The number of furan rings is 1. The maximum Gasteiger partial charge on any atom is 0.408 e. The van der Waals surface area contributed by atoms with Crippen molar-refractivity contribution in [3.8, 4) is 22.3 Å². The number of benzene rings is 7. The van der Waals surface area contributed by atoms with Crippen LogP contribution in [0.3, 0.4) is 0 Å². The highest BCUT2D eigenvalue weighted by molar-refractivity contribution is 7.92. The van der Waals surface area contributed by atoms with Gasteiger partial charge in [0.25, 0.3) is 10.0 Å². The number of hydrogen-bond acceptors (Lipinski definition) is 9. The number of nitrogens with one attached hydrogen (secondary N) is 4. The first-order valence-corrected chi connectivity index (χ1v) is 24.1. The van der Waals surface area contributed by atoms with E-state index in [1.807, 2.05) is 127 Å². The van der Waals surface area contributed by atoms with Crippen molar-refractivity contribution in [2.75, 3.05) is 4.72 Å². The number of H-pyrrole nitrogens is 1. The Kier molecular flexibility index (Phi) is 15.7. The van der Waals surface area contributed by atoms with Crippen LogP contribution in [-0.2, 0) is 55.1 Å². The largest absolute Gasteiger partial charge is 0.480 e. The highest BCUT2D eigenvalue weighted by atomic mass is 32.2. The van der Waals surface area contributed by atoms with Crippen molar-refractivity contribution < 1.29 is 51.7 Å². The van der Waals surface area contributed by atoms with Crippen LogP contribution in [0.15, 0.2) is 204 Å². The van der Waals surface area contributed by atoms with Gasteiger partial charge in [0.15, 0.2) is 6.61 Å². The van der Waals surface area contributed by atoms with Gasteiger partial charge in [-0.05, 0) is 87.5 Å². The van der Waals surface area contributed by atoms with Crippen molar-refractivity contribution in [3.63, 3.8) is 0 Å². The first-order valence-electron chi connectivity index (χ1n) is 22.6. The van der Waals surface area contributed by atoms with E-state index in [9.17, 15) is 37.8 Å². The minimum absolute atomic E-state index is 0.0559. The van der Waals surface area contributed by atoms with Gasteiger partial charge in [0, 0.05) is 41.0 Å². The number of aromatic amines is 1. The Morgan fingerprint density at radius 3 is 1.79 bits per heavy atom. The molecule has 2 unspecified atom stereocenters. The smallest absolute Gasteiger partial charge is 0.408 e. The topological polar surface area (TPSA) is 226 Å². The maximum atomic E-state index is 12.6. The SMILES string of the molecule is O=C(NC(Cc1c[nH]c2ccccc12)C(=O)O)OCc1ccc(-c2ccccc2)cc1.O=C(NC(Cc1cccc(NS(=O)(=O)c2ccccc2)c1)C(=O)O)OCc1cc2cc(-c3ccccc3)ccc2o1. The van der Waals surface area contributed by atoms with Crippen molar-refractivity contribution in [2.24, 2.45) is 0 Å². The summed E-state index contributed by atoms with van der Waals surface area (Å²) in [7, 11) is -3.82. The predicted molar refractivity (Wildman–Crippen MR) is 272 cm³/mol. The fourth-order valence-corrected chi connectivity index (χ4v) is 8.86. The first kappa shape index (κ1) is 49.3. The lowest BCUT2D eigenvalue weighted by atomic mass is 10.0. The van der Waals surface area contributed by atoms with Crippen molar-refractivity contribution in [2.45, 2.75) is 43.0 Å². The van der Waals surface area contributed by atoms with Crippen LogP contribution in [0.25, 0.3) is 44.1 Å². The Balaban J connectivity index is 0.000000200. The number of amides is 2. The number of alkyl carbamates (subject to hydrolysis) is 2. The number of anilines is 1. The Morgan fingerprint density at radius 2 is 1.12 bits per heavy atom. The van der Waals surface area contributed by atoms with Crippen molar-refractivity contribution >= 4 is 61.7 Å². The summed E-state index contributed by atoms with van der Waals surface area (Å²) >= 11 is 0. The average Bonchev–Trinajstić information content (AvgIpc) is 4.01. The van der Waals surface area contributed by atoms with Gasteiger partial charge in [-0.2, -0.15) is 0 Å². The molecule has 0 aliphatic heterocycles. The minimum Gasteiger partial charge on any atom is -0.480 e. The predicted octanol–water partition coefficient (Wildman–Crippen LogP) is 10.6. The summed E-state index contributed by atoms with van der Waals surface area (Å²) in [6.45, 7) is -0.134. The molecule has 0 spiro atoms.